The number of hydrazone groups is 1. The Morgan fingerprint density at radius 1 is 1.05 bits per heavy atom. The van der Waals surface area contributed by atoms with E-state index in [1.165, 1.54) is 27.5 Å². The van der Waals surface area contributed by atoms with Crippen LogP contribution in [0.3, 0.4) is 0 Å². The summed E-state index contributed by atoms with van der Waals surface area (Å²) in [6, 6.07) is 13.7. The molecule has 20 heteroatoms. The Morgan fingerprint density at radius 2 is 1.71 bits per heavy atom. The van der Waals surface area contributed by atoms with Gasteiger partial charge < -0.3 is 63.3 Å². The first-order valence-corrected chi connectivity index (χ1v) is 20.4. The number of fused-ring (bicyclic) bond motifs is 2. The first-order valence-electron chi connectivity index (χ1n) is 17.4. The molecule has 7 N–H and O–H groups in total. The van der Waals surface area contributed by atoms with E-state index in [0.717, 1.165) is 0 Å². The molecule has 2 unspecified atom stereocenters. The number of amides is 1. The van der Waals surface area contributed by atoms with Crippen molar-refractivity contribution in [3.63, 3.8) is 0 Å². The second kappa shape index (κ2) is 18.4. The summed E-state index contributed by atoms with van der Waals surface area (Å²) in [5.41, 5.74) is 4.79. The smallest absolute Gasteiger partial charge is 0.366 e. The molecule has 0 saturated carbocycles. The quantitative estimate of drug-likeness (QED) is 0.0421. The molecule has 0 aromatic heterocycles. The van der Waals surface area contributed by atoms with Crippen molar-refractivity contribution in [2.24, 2.45) is 16.9 Å². The molecule has 3 aromatic carbocycles. The summed E-state index contributed by atoms with van der Waals surface area (Å²) < 4.78 is 56.8. The Balaban J connectivity index is 1.30. The van der Waals surface area contributed by atoms with Gasteiger partial charge in [-0.2, -0.15) is 5.10 Å². The Labute approximate surface area is 323 Å². The topological polar surface area (TPSA) is 256 Å². The second-order valence-corrected chi connectivity index (χ2v) is 17.0. The standard InChI is InChI=1S/C36H47N3O15P2/c1-39(11-9-36(43,55(44)45)56(46,47)48)10-6-12-52-23-8-5-7-21(13-23)18-37-38-35(42)32-26(19-40)33(41)25-17-28-27(53-20-54-28)16-24(25)31(32)22-14-29(49-2)34(51-4)30(15-22)50-3/h5,7-8,13-18,26,31-33,40-41,43,55H,6,9-12,19-20H2,1-4H3,(H,38,42)(H,44,45)(H2,46,47,48)/b37-18+/t26-,31+,32+,33-,36?/m0/s1. The Kier molecular flexibility index (Phi) is 14.1. The summed E-state index contributed by atoms with van der Waals surface area (Å²) in [7, 11) is -3.10. The third-order valence-corrected chi connectivity index (χ3v) is 13.5. The van der Waals surface area contributed by atoms with Crippen molar-refractivity contribution in [2.75, 3.05) is 61.5 Å². The van der Waals surface area contributed by atoms with Crippen LogP contribution < -0.4 is 33.8 Å². The third-order valence-electron chi connectivity index (χ3n) is 9.88. The predicted octanol–water partition coefficient (Wildman–Crippen LogP) is 2.38. The van der Waals surface area contributed by atoms with Crippen molar-refractivity contribution >= 4 is 27.7 Å². The highest BCUT2D eigenvalue weighted by molar-refractivity contribution is 7.66. The third kappa shape index (κ3) is 9.15. The second-order valence-electron chi connectivity index (χ2n) is 13.3. The largest absolute Gasteiger partial charge is 0.494 e. The molecule has 306 valence electrons. The molecule has 0 radical (unpaired) electrons. The maximum atomic E-state index is 14.1. The summed E-state index contributed by atoms with van der Waals surface area (Å²) in [5.74, 6) is -0.948. The molecule has 6 atom stereocenters. The molecule has 0 saturated heterocycles. The molecule has 0 spiro atoms. The van der Waals surface area contributed by atoms with Crippen molar-refractivity contribution in [3.8, 4) is 34.5 Å². The minimum Gasteiger partial charge on any atom is -0.494 e. The first-order chi connectivity index (χ1) is 26.7. The van der Waals surface area contributed by atoms with E-state index in [-0.39, 0.29) is 19.9 Å². The van der Waals surface area contributed by atoms with Gasteiger partial charge in [-0.3, -0.25) is 13.9 Å². The van der Waals surface area contributed by atoms with E-state index in [1.54, 1.807) is 60.5 Å². The zero-order valence-corrected chi connectivity index (χ0v) is 33.0. The number of rotatable bonds is 18. The van der Waals surface area contributed by atoms with E-state index < -0.39 is 63.5 Å². The zero-order valence-electron chi connectivity index (χ0n) is 31.2. The van der Waals surface area contributed by atoms with E-state index in [4.69, 9.17) is 28.4 Å². The van der Waals surface area contributed by atoms with Crippen LogP contribution in [0.5, 0.6) is 34.5 Å². The molecule has 1 heterocycles. The number of aliphatic hydroxyl groups excluding tert-OH is 2. The van der Waals surface area contributed by atoms with Gasteiger partial charge in [-0.15, -0.1) is 0 Å². The van der Waals surface area contributed by atoms with Gasteiger partial charge in [0.15, 0.2) is 23.0 Å². The molecule has 0 fully saturated rings. The van der Waals surface area contributed by atoms with E-state index in [1.807, 2.05) is 0 Å². The van der Waals surface area contributed by atoms with Crippen LogP contribution in [0.2, 0.25) is 0 Å². The van der Waals surface area contributed by atoms with Crippen LogP contribution in [-0.2, 0) is 13.9 Å². The minimum absolute atomic E-state index is 0.0116. The lowest BCUT2D eigenvalue weighted by Gasteiger charge is -2.41. The molecule has 1 aliphatic carbocycles. The van der Waals surface area contributed by atoms with Gasteiger partial charge in [0.1, 0.15) is 5.75 Å². The first kappa shape index (κ1) is 42.9. The lowest BCUT2D eigenvalue weighted by Crippen LogP contribution is -2.44. The van der Waals surface area contributed by atoms with Crippen LogP contribution in [0.15, 0.2) is 53.6 Å². The van der Waals surface area contributed by atoms with Crippen LogP contribution in [0.25, 0.3) is 0 Å². The summed E-state index contributed by atoms with van der Waals surface area (Å²) in [6.45, 7) is 0.0511. The van der Waals surface area contributed by atoms with Gasteiger partial charge in [0.2, 0.25) is 31.6 Å². The van der Waals surface area contributed by atoms with E-state index in [9.17, 15) is 43.9 Å². The number of aliphatic hydroxyl groups is 3. The lowest BCUT2D eigenvalue weighted by molar-refractivity contribution is -0.131. The fourth-order valence-corrected chi connectivity index (χ4v) is 8.60. The van der Waals surface area contributed by atoms with Crippen LogP contribution in [0, 0.1) is 11.8 Å². The number of carbonyl (C=O) groups is 1. The number of hydrogen-bond acceptors (Lipinski definition) is 14. The summed E-state index contributed by atoms with van der Waals surface area (Å²) in [4.78, 5) is 43.8. The van der Waals surface area contributed by atoms with E-state index in [2.05, 4.69) is 10.5 Å². The zero-order chi connectivity index (χ0) is 40.8. The summed E-state index contributed by atoms with van der Waals surface area (Å²) >= 11 is 0. The molecule has 5 rings (SSSR count). The molecule has 0 bridgehead atoms. The predicted molar refractivity (Wildman–Crippen MR) is 202 cm³/mol. The highest BCUT2D eigenvalue weighted by Crippen LogP contribution is 2.61. The van der Waals surface area contributed by atoms with Crippen LogP contribution >= 0.6 is 15.6 Å². The normalized spacial score (nSPS) is 20.6. The van der Waals surface area contributed by atoms with Crippen LogP contribution in [0.4, 0.5) is 0 Å². The highest BCUT2D eigenvalue weighted by atomic mass is 31.2. The van der Waals surface area contributed by atoms with Gasteiger partial charge in [-0.1, -0.05) is 12.1 Å². The van der Waals surface area contributed by atoms with Crippen LogP contribution in [0.1, 0.15) is 47.1 Å². The van der Waals surface area contributed by atoms with Crippen molar-refractivity contribution in [2.45, 2.75) is 29.9 Å². The molecule has 18 nitrogen and oxygen atoms in total. The van der Waals surface area contributed by atoms with E-state index >= 15 is 0 Å². The number of benzene rings is 3. The fourth-order valence-electron chi connectivity index (χ4n) is 6.88. The average molecular weight is 824 g/mol. The van der Waals surface area contributed by atoms with Gasteiger partial charge in [-0.25, -0.2) is 5.43 Å². The van der Waals surface area contributed by atoms with Gasteiger partial charge in [0.05, 0.1) is 46.2 Å². The van der Waals surface area contributed by atoms with Gasteiger partial charge in [0.25, 0.3) is 0 Å². The maximum absolute atomic E-state index is 14.1. The molecule has 1 aliphatic heterocycles. The van der Waals surface area contributed by atoms with Crippen molar-refractivity contribution < 1.29 is 72.3 Å². The maximum Gasteiger partial charge on any atom is 0.366 e. The number of carbonyl (C=O) groups excluding carboxylic acids is 1. The van der Waals surface area contributed by atoms with Gasteiger partial charge >= 0.3 is 7.60 Å². The van der Waals surface area contributed by atoms with E-state index in [0.29, 0.717) is 69.7 Å². The van der Waals surface area contributed by atoms with Crippen molar-refractivity contribution in [3.05, 3.63) is 70.8 Å². The monoisotopic (exact) mass is 823 g/mol. The molecule has 3 aromatic rings. The van der Waals surface area contributed by atoms with Gasteiger partial charge in [-0.05, 0) is 72.1 Å². The number of hydrogen-bond donors (Lipinski definition) is 7. The molecule has 56 heavy (non-hydrogen) atoms. The molecule has 1 amide bonds. The highest BCUT2D eigenvalue weighted by Gasteiger charge is 2.50. The fraction of sp³-hybridized carbons (Fsp3) is 0.444. The van der Waals surface area contributed by atoms with Gasteiger partial charge in [0, 0.05) is 38.0 Å². The Bertz CT molecular complexity index is 1950. The number of nitrogens with zero attached hydrogens (tertiary/aromatic N) is 2. The number of methoxy groups -OCH3 is 3. The molecular weight excluding hydrogens is 776 g/mol. The Hall–Kier alpha value is -4.22. The van der Waals surface area contributed by atoms with Crippen molar-refractivity contribution in [1.29, 1.82) is 0 Å². The molecular formula is C36H47N3O15P2. The van der Waals surface area contributed by atoms with Crippen molar-refractivity contribution in [1.82, 2.24) is 10.3 Å². The lowest BCUT2D eigenvalue weighted by atomic mass is 9.65. The minimum atomic E-state index is -5.23. The summed E-state index contributed by atoms with van der Waals surface area (Å²) in [6.07, 6.45) is 0.0613. The number of nitrogens with one attached hydrogen (secondary N) is 1. The average Bonchev–Trinajstić information content (AvgIpc) is 3.64. The SMILES string of the molecule is COc1cc([C@@H]2c3cc4c(cc3[C@H](O)[C@@H](CO)[C@H]2C(=O)N/N=C/c2cccc(OCCCN(C)CCC(O)([PH](=O)O)P(=O)(O)O)c2)OCO4)cc(OC)c1OC. The molecule has 2 aliphatic rings. The number of ether oxygens (including phenoxy) is 6. The Morgan fingerprint density at radius 3 is 2.30 bits per heavy atom. The summed E-state index contributed by atoms with van der Waals surface area (Å²) in [5, 5.41) is 33.5. The van der Waals surface area contributed by atoms with Crippen LogP contribution in [-0.4, -0.2) is 114 Å².